The third kappa shape index (κ3) is 5.29. The zero-order chi connectivity index (χ0) is 20.5. The maximum absolute atomic E-state index is 10.3. The zero-order valence-electron chi connectivity index (χ0n) is 15.8. The SMILES string of the molecule is CC(C)(C)c1nc(NCc2cc(Br)cc(Br)c2O)sc1Cc1ccc(Cl)cc1. The van der Waals surface area contributed by atoms with Crippen LogP contribution in [0, 0.1) is 0 Å². The number of aromatic hydroxyl groups is 1. The number of benzene rings is 2. The van der Waals surface area contributed by atoms with Crippen LogP contribution in [0.3, 0.4) is 0 Å². The Labute approximate surface area is 191 Å². The maximum Gasteiger partial charge on any atom is 0.183 e. The van der Waals surface area contributed by atoms with E-state index in [2.05, 4.69) is 70.1 Å². The molecule has 0 amide bonds. The number of nitrogens with one attached hydrogen (secondary N) is 1. The minimum absolute atomic E-state index is 0.0564. The van der Waals surface area contributed by atoms with Crippen LogP contribution in [0.5, 0.6) is 5.75 Å². The van der Waals surface area contributed by atoms with Crippen molar-refractivity contribution >= 4 is 59.9 Å². The van der Waals surface area contributed by atoms with Crippen molar-refractivity contribution in [2.75, 3.05) is 5.32 Å². The standard InChI is InChI=1S/C21H21Br2ClN2OS/c1-21(2,3)19-17(8-12-4-6-15(24)7-5-12)28-20(26-19)25-11-13-9-14(22)10-16(23)18(13)27/h4-7,9-10,27H,8,11H2,1-3H3,(H,25,26). The molecule has 148 valence electrons. The van der Waals surface area contributed by atoms with Crippen molar-refractivity contribution in [1.29, 1.82) is 0 Å². The largest absolute Gasteiger partial charge is 0.506 e. The van der Waals surface area contributed by atoms with Crippen LogP contribution in [-0.4, -0.2) is 10.1 Å². The van der Waals surface area contributed by atoms with Gasteiger partial charge in [-0.05, 0) is 45.8 Å². The molecule has 0 saturated carbocycles. The monoisotopic (exact) mass is 542 g/mol. The Bertz CT molecular complexity index is 981. The molecule has 0 aliphatic heterocycles. The first kappa shape index (κ1) is 21.6. The third-order valence-electron chi connectivity index (χ3n) is 4.22. The lowest BCUT2D eigenvalue weighted by Gasteiger charge is -2.17. The van der Waals surface area contributed by atoms with Gasteiger partial charge in [0.2, 0.25) is 0 Å². The quantitative estimate of drug-likeness (QED) is 0.349. The number of halogens is 3. The molecule has 0 fully saturated rings. The summed E-state index contributed by atoms with van der Waals surface area (Å²) in [5.74, 6) is 0.240. The van der Waals surface area contributed by atoms with Crippen molar-refractivity contribution in [2.45, 2.75) is 39.2 Å². The Morgan fingerprint density at radius 1 is 1.14 bits per heavy atom. The second-order valence-corrected chi connectivity index (χ2v) is 10.9. The molecular weight excluding hydrogens is 524 g/mol. The van der Waals surface area contributed by atoms with E-state index in [4.69, 9.17) is 16.6 Å². The van der Waals surface area contributed by atoms with Crippen LogP contribution in [0.2, 0.25) is 5.02 Å². The summed E-state index contributed by atoms with van der Waals surface area (Å²) in [7, 11) is 0. The van der Waals surface area contributed by atoms with Crippen molar-refractivity contribution < 1.29 is 5.11 Å². The topological polar surface area (TPSA) is 45.2 Å². The average molecular weight is 545 g/mol. The number of anilines is 1. The van der Waals surface area contributed by atoms with Gasteiger partial charge in [-0.25, -0.2) is 4.98 Å². The number of aromatic nitrogens is 1. The number of thiazole rings is 1. The van der Waals surface area contributed by atoms with Gasteiger partial charge < -0.3 is 10.4 Å². The lowest BCUT2D eigenvalue weighted by Crippen LogP contribution is -2.14. The number of hydrogen-bond acceptors (Lipinski definition) is 4. The average Bonchev–Trinajstić information content (AvgIpc) is 3.02. The summed E-state index contributed by atoms with van der Waals surface area (Å²) in [5, 5.41) is 15.2. The second-order valence-electron chi connectivity index (χ2n) is 7.59. The van der Waals surface area contributed by atoms with Gasteiger partial charge in [-0.2, -0.15) is 0 Å². The van der Waals surface area contributed by atoms with Gasteiger partial charge in [0.1, 0.15) is 5.75 Å². The summed E-state index contributed by atoms with van der Waals surface area (Å²) in [4.78, 5) is 6.09. The Morgan fingerprint density at radius 3 is 2.46 bits per heavy atom. The molecule has 0 radical (unpaired) electrons. The normalized spacial score (nSPS) is 11.6. The van der Waals surface area contributed by atoms with Crippen molar-refractivity contribution in [1.82, 2.24) is 4.98 Å². The van der Waals surface area contributed by atoms with E-state index in [9.17, 15) is 5.11 Å². The highest BCUT2D eigenvalue weighted by molar-refractivity contribution is 9.11. The molecule has 3 rings (SSSR count). The number of rotatable bonds is 5. The van der Waals surface area contributed by atoms with Crippen LogP contribution < -0.4 is 5.32 Å². The summed E-state index contributed by atoms with van der Waals surface area (Å²) < 4.78 is 1.57. The summed E-state index contributed by atoms with van der Waals surface area (Å²) >= 11 is 14.5. The maximum atomic E-state index is 10.3. The first-order chi connectivity index (χ1) is 13.1. The van der Waals surface area contributed by atoms with Gasteiger partial charge in [-0.1, -0.05) is 60.4 Å². The highest BCUT2D eigenvalue weighted by atomic mass is 79.9. The van der Waals surface area contributed by atoms with Crippen LogP contribution >= 0.6 is 54.8 Å². The Kier molecular flexibility index (Phi) is 6.75. The number of phenolic OH excluding ortho intramolecular Hbond substituents is 1. The van der Waals surface area contributed by atoms with Crippen molar-refractivity contribution in [2.24, 2.45) is 0 Å². The predicted molar refractivity (Wildman–Crippen MR) is 126 cm³/mol. The molecule has 28 heavy (non-hydrogen) atoms. The number of nitrogens with zero attached hydrogens (tertiary/aromatic N) is 1. The Morgan fingerprint density at radius 2 is 1.82 bits per heavy atom. The second kappa shape index (κ2) is 8.74. The molecule has 1 heterocycles. The van der Waals surface area contributed by atoms with Crippen LogP contribution in [0.15, 0.2) is 45.3 Å². The van der Waals surface area contributed by atoms with E-state index in [0.29, 0.717) is 11.0 Å². The minimum Gasteiger partial charge on any atom is -0.506 e. The van der Waals surface area contributed by atoms with E-state index in [1.165, 1.54) is 10.4 Å². The fourth-order valence-corrected chi connectivity index (χ4v) is 5.49. The molecule has 0 aliphatic rings. The fourth-order valence-electron chi connectivity index (χ4n) is 2.85. The predicted octanol–water partition coefficient (Wildman–Crippen LogP) is 7.53. The molecule has 3 nitrogen and oxygen atoms in total. The van der Waals surface area contributed by atoms with E-state index in [1.807, 2.05) is 24.3 Å². The van der Waals surface area contributed by atoms with Crippen LogP contribution in [0.1, 0.15) is 42.5 Å². The van der Waals surface area contributed by atoms with Crippen molar-refractivity contribution in [3.63, 3.8) is 0 Å². The first-order valence-electron chi connectivity index (χ1n) is 8.79. The van der Waals surface area contributed by atoms with Gasteiger partial charge in [0.05, 0.1) is 10.2 Å². The third-order valence-corrected chi connectivity index (χ3v) is 6.55. The Balaban J connectivity index is 1.84. The molecule has 0 spiro atoms. The molecule has 3 aromatic rings. The summed E-state index contributed by atoms with van der Waals surface area (Å²) in [6.07, 6.45) is 0.816. The zero-order valence-corrected chi connectivity index (χ0v) is 20.6. The van der Waals surface area contributed by atoms with E-state index >= 15 is 0 Å². The number of hydrogen-bond donors (Lipinski definition) is 2. The molecule has 7 heteroatoms. The van der Waals surface area contributed by atoms with Gasteiger partial charge >= 0.3 is 0 Å². The van der Waals surface area contributed by atoms with Gasteiger partial charge in [0, 0.05) is 38.3 Å². The molecule has 0 saturated heterocycles. The Hall–Kier alpha value is -1.08. The summed E-state index contributed by atoms with van der Waals surface area (Å²) in [5.41, 5.74) is 3.04. The highest BCUT2D eigenvalue weighted by Gasteiger charge is 2.23. The minimum atomic E-state index is -0.0564. The first-order valence-corrected chi connectivity index (χ1v) is 11.6. The summed E-state index contributed by atoms with van der Waals surface area (Å²) in [6.45, 7) is 7.01. The molecule has 0 atom stereocenters. The fraction of sp³-hybridized carbons (Fsp3) is 0.286. The highest BCUT2D eigenvalue weighted by Crippen LogP contribution is 2.35. The lowest BCUT2D eigenvalue weighted by molar-refractivity contribution is 0.465. The van der Waals surface area contributed by atoms with Crippen molar-refractivity contribution in [3.8, 4) is 5.75 Å². The van der Waals surface area contributed by atoms with Crippen LogP contribution in [0.25, 0.3) is 0 Å². The molecule has 2 N–H and O–H groups in total. The lowest BCUT2D eigenvalue weighted by atomic mass is 9.90. The smallest absolute Gasteiger partial charge is 0.183 e. The number of phenols is 1. The van der Waals surface area contributed by atoms with E-state index < -0.39 is 0 Å². The van der Waals surface area contributed by atoms with Gasteiger partial charge in [-0.15, -0.1) is 11.3 Å². The van der Waals surface area contributed by atoms with Crippen LogP contribution in [-0.2, 0) is 18.4 Å². The molecule has 0 aliphatic carbocycles. The molecule has 0 unspecified atom stereocenters. The van der Waals surface area contributed by atoms with Gasteiger partial charge in [0.15, 0.2) is 5.13 Å². The van der Waals surface area contributed by atoms with Crippen molar-refractivity contribution in [3.05, 3.63) is 72.1 Å². The molecular formula is C21H21Br2ClN2OS. The molecule has 0 bridgehead atoms. The summed E-state index contributed by atoms with van der Waals surface area (Å²) in [6, 6.07) is 11.7. The molecule has 2 aromatic carbocycles. The van der Waals surface area contributed by atoms with E-state index in [1.54, 1.807) is 11.3 Å². The molecule has 1 aromatic heterocycles. The van der Waals surface area contributed by atoms with E-state index in [-0.39, 0.29) is 11.2 Å². The van der Waals surface area contributed by atoms with Crippen LogP contribution in [0.4, 0.5) is 5.13 Å². The van der Waals surface area contributed by atoms with E-state index in [0.717, 1.165) is 32.3 Å². The van der Waals surface area contributed by atoms with Gasteiger partial charge in [0.25, 0.3) is 0 Å². The van der Waals surface area contributed by atoms with Gasteiger partial charge in [-0.3, -0.25) is 0 Å².